The summed E-state index contributed by atoms with van der Waals surface area (Å²) in [5.74, 6) is 0.0215. The lowest BCUT2D eigenvalue weighted by Gasteiger charge is -2.28. The van der Waals surface area contributed by atoms with Crippen molar-refractivity contribution in [2.45, 2.75) is 42.7 Å². The van der Waals surface area contributed by atoms with Crippen LogP contribution in [0.25, 0.3) is 0 Å². The van der Waals surface area contributed by atoms with E-state index in [4.69, 9.17) is 5.73 Å². The summed E-state index contributed by atoms with van der Waals surface area (Å²) < 4.78 is 27.2. The maximum atomic E-state index is 12.2. The molecule has 20 heavy (non-hydrogen) atoms. The number of thioether (sulfide) groups is 1. The molecule has 2 atom stereocenters. The van der Waals surface area contributed by atoms with Crippen molar-refractivity contribution in [3.8, 4) is 0 Å². The molecule has 0 bridgehead atoms. The van der Waals surface area contributed by atoms with E-state index in [-0.39, 0.29) is 11.8 Å². The molecule has 1 aliphatic rings. The monoisotopic (exact) mass is 314 g/mol. The molecule has 1 fully saturated rings. The molecule has 3 N–H and O–H groups in total. The van der Waals surface area contributed by atoms with E-state index >= 15 is 0 Å². The molecular formula is C14H22N2O2S2. The molecule has 0 saturated heterocycles. The first kappa shape index (κ1) is 15.7. The molecule has 0 aliphatic heterocycles. The van der Waals surface area contributed by atoms with Crippen LogP contribution in [0.1, 0.15) is 31.2 Å². The second-order valence-corrected chi connectivity index (χ2v) is 8.23. The summed E-state index contributed by atoms with van der Waals surface area (Å²) in [6, 6.07) is 7.07. The Hall–Kier alpha value is -0.720. The van der Waals surface area contributed by atoms with Crippen LogP contribution in [0.15, 0.2) is 24.3 Å². The van der Waals surface area contributed by atoms with Crippen molar-refractivity contribution in [1.82, 2.24) is 4.72 Å². The number of anilines is 1. The molecule has 4 nitrogen and oxygen atoms in total. The van der Waals surface area contributed by atoms with Gasteiger partial charge in [-0.25, -0.2) is 13.1 Å². The van der Waals surface area contributed by atoms with Crippen LogP contribution < -0.4 is 10.5 Å². The van der Waals surface area contributed by atoms with E-state index in [0.717, 1.165) is 24.8 Å². The highest BCUT2D eigenvalue weighted by molar-refractivity contribution is 7.99. The summed E-state index contributed by atoms with van der Waals surface area (Å²) in [6.07, 6.45) is 6.26. The normalized spacial score (nSPS) is 23.6. The van der Waals surface area contributed by atoms with Gasteiger partial charge in [-0.05, 0) is 43.2 Å². The molecule has 1 saturated carbocycles. The number of rotatable bonds is 5. The van der Waals surface area contributed by atoms with E-state index in [1.165, 1.54) is 6.42 Å². The molecule has 0 amide bonds. The Labute approximate surface area is 125 Å². The number of hydrogen-bond donors (Lipinski definition) is 2. The molecular weight excluding hydrogens is 292 g/mol. The van der Waals surface area contributed by atoms with Crippen LogP contribution in [-0.4, -0.2) is 26.0 Å². The minimum absolute atomic E-state index is 0.0215. The molecule has 1 aromatic rings. The third kappa shape index (κ3) is 4.68. The van der Waals surface area contributed by atoms with Gasteiger partial charge >= 0.3 is 0 Å². The largest absolute Gasteiger partial charge is 0.399 e. The average Bonchev–Trinajstić information content (AvgIpc) is 2.41. The summed E-state index contributed by atoms with van der Waals surface area (Å²) in [7, 11) is -3.28. The van der Waals surface area contributed by atoms with Crippen molar-refractivity contribution >= 4 is 27.5 Å². The number of nitrogens with two attached hydrogens (primary N) is 1. The van der Waals surface area contributed by atoms with Crippen LogP contribution in [0.3, 0.4) is 0 Å². The fraction of sp³-hybridized carbons (Fsp3) is 0.571. The van der Waals surface area contributed by atoms with Gasteiger partial charge in [0.1, 0.15) is 0 Å². The van der Waals surface area contributed by atoms with Crippen molar-refractivity contribution in [1.29, 1.82) is 0 Å². The third-order valence-corrected chi connectivity index (χ3v) is 6.14. The van der Waals surface area contributed by atoms with Gasteiger partial charge in [-0.2, -0.15) is 11.8 Å². The van der Waals surface area contributed by atoms with Crippen molar-refractivity contribution < 1.29 is 8.42 Å². The Balaban J connectivity index is 1.95. The molecule has 6 heteroatoms. The molecule has 1 aromatic carbocycles. The molecule has 2 unspecified atom stereocenters. The van der Waals surface area contributed by atoms with E-state index in [0.29, 0.717) is 10.9 Å². The highest BCUT2D eigenvalue weighted by Crippen LogP contribution is 2.27. The lowest BCUT2D eigenvalue weighted by atomic mass is 9.96. The second-order valence-electron chi connectivity index (χ2n) is 5.34. The van der Waals surface area contributed by atoms with Crippen LogP contribution in [0.2, 0.25) is 0 Å². The predicted molar refractivity (Wildman–Crippen MR) is 86.2 cm³/mol. The summed E-state index contributed by atoms with van der Waals surface area (Å²) >= 11 is 1.83. The Bertz CT molecular complexity index is 529. The molecule has 2 rings (SSSR count). The van der Waals surface area contributed by atoms with Gasteiger partial charge in [0.2, 0.25) is 10.0 Å². The Morgan fingerprint density at radius 1 is 1.30 bits per heavy atom. The van der Waals surface area contributed by atoms with Gasteiger partial charge in [0.05, 0.1) is 5.75 Å². The molecule has 112 valence electrons. The van der Waals surface area contributed by atoms with Gasteiger partial charge in [0.25, 0.3) is 0 Å². The Morgan fingerprint density at radius 2 is 2.00 bits per heavy atom. The smallest absolute Gasteiger partial charge is 0.216 e. The lowest BCUT2D eigenvalue weighted by Crippen LogP contribution is -2.39. The van der Waals surface area contributed by atoms with Crippen molar-refractivity contribution in [2.75, 3.05) is 12.0 Å². The fourth-order valence-corrected chi connectivity index (χ4v) is 4.86. The maximum absolute atomic E-state index is 12.2. The van der Waals surface area contributed by atoms with Crippen molar-refractivity contribution in [2.24, 2.45) is 0 Å². The molecule has 0 spiro atoms. The second kappa shape index (κ2) is 6.83. The topological polar surface area (TPSA) is 72.2 Å². The van der Waals surface area contributed by atoms with Crippen LogP contribution >= 0.6 is 11.8 Å². The van der Waals surface area contributed by atoms with Crippen LogP contribution in [-0.2, 0) is 15.8 Å². The van der Waals surface area contributed by atoms with Crippen molar-refractivity contribution in [3.63, 3.8) is 0 Å². The minimum atomic E-state index is -3.28. The molecule has 0 aromatic heterocycles. The number of nitrogens with one attached hydrogen (secondary N) is 1. The molecule has 0 radical (unpaired) electrons. The van der Waals surface area contributed by atoms with Crippen molar-refractivity contribution in [3.05, 3.63) is 29.8 Å². The van der Waals surface area contributed by atoms with E-state index in [1.54, 1.807) is 24.3 Å². The zero-order valence-electron chi connectivity index (χ0n) is 11.7. The number of benzene rings is 1. The highest BCUT2D eigenvalue weighted by Gasteiger charge is 2.25. The zero-order chi connectivity index (χ0) is 14.6. The van der Waals surface area contributed by atoms with Gasteiger partial charge in [-0.1, -0.05) is 18.6 Å². The molecule has 1 aliphatic carbocycles. The summed E-state index contributed by atoms with van der Waals surface area (Å²) in [6.45, 7) is 0. The fourth-order valence-electron chi connectivity index (χ4n) is 2.59. The molecule has 0 heterocycles. The zero-order valence-corrected chi connectivity index (χ0v) is 13.3. The quantitative estimate of drug-likeness (QED) is 0.818. The standard InChI is InChI=1S/C14H22N2O2S2/c1-19-14-4-2-3-13(9-14)16-20(17,18)10-11-5-7-12(15)8-6-11/h5-8,13-14,16H,2-4,9-10,15H2,1H3. The number of hydrogen-bond acceptors (Lipinski definition) is 4. The van der Waals surface area contributed by atoms with Gasteiger partial charge in [0, 0.05) is 17.0 Å². The predicted octanol–water partition coefficient (Wildman–Crippen LogP) is 2.36. The first-order chi connectivity index (χ1) is 9.48. The van der Waals surface area contributed by atoms with Gasteiger partial charge in [-0.3, -0.25) is 0 Å². The third-order valence-electron chi connectivity index (χ3n) is 3.64. The SMILES string of the molecule is CSC1CCCC(NS(=O)(=O)Cc2ccc(N)cc2)C1. The Morgan fingerprint density at radius 3 is 2.65 bits per heavy atom. The number of sulfonamides is 1. The Kier molecular flexibility index (Phi) is 5.35. The maximum Gasteiger partial charge on any atom is 0.216 e. The van der Waals surface area contributed by atoms with E-state index < -0.39 is 10.0 Å². The van der Waals surface area contributed by atoms with Crippen LogP contribution in [0, 0.1) is 0 Å². The van der Waals surface area contributed by atoms with E-state index in [9.17, 15) is 8.42 Å². The van der Waals surface area contributed by atoms with Gasteiger partial charge in [0.15, 0.2) is 0 Å². The van der Waals surface area contributed by atoms with Gasteiger partial charge < -0.3 is 5.73 Å². The van der Waals surface area contributed by atoms with Gasteiger partial charge in [-0.15, -0.1) is 0 Å². The van der Waals surface area contributed by atoms with Crippen LogP contribution in [0.5, 0.6) is 0 Å². The van der Waals surface area contributed by atoms with Crippen LogP contribution in [0.4, 0.5) is 5.69 Å². The van der Waals surface area contributed by atoms with E-state index in [1.807, 2.05) is 11.8 Å². The highest BCUT2D eigenvalue weighted by atomic mass is 32.2. The minimum Gasteiger partial charge on any atom is -0.399 e. The first-order valence-corrected chi connectivity index (χ1v) is 9.80. The number of nitrogen functional groups attached to an aromatic ring is 1. The summed E-state index contributed by atoms with van der Waals surface area (Å²) in [5.41, 5.74) is 7.02. The summed E-state index contributed by atoms with van der Waals surface area (Å²) in [4.78, 5) is 0. The lowest BCUT2D eigenvalue weighted by molar-refractivity contribution is 0.420. The van der Waals surface area contributed by atoms with E-state index in [2.05, 4.69) is 11.0 Å². The average molecular weight is 314 g/mol. The first-order valence-electron chi connectivity index (χ1n) is 6.86. The summed E-state index contributed by atoms with van der Waals surface area (Å²) in [5, 5.41) is 0.577.